The summed E-state index contributed by atoms with van der Waals surface area (Å²) >= 11 is 5.88. The number of sulfonamides is 1. The van der Waals surface area contributed by atoms with Crippen LogP contribution in [0.15, 0.2) is 41.6 Å². The van der Waals surface area contributed by atoms with Crippen LogP contribution in [0, 0.1) is 18.6 Å². The SMILES string of the molecule is COc1ncc(Cl)cc1S(=O)(=O)Nc1ccc(F)c(COc2cnc3c(c2)c(C)nn3COCC[Si](C)(C)C)c1F. The Labute approximate surface area is 242 Å². The second-order valence-corrected chi connectivity index (χ2v) is 18.1. The Morgan fingerprint density at radius 3 is 2.59 bits per heavy atom. The fourth-order valence-corrected chi connectivity index (χ4v) is 5.99. The van der Waals surface area contributed by atoms with Crippen LogP contribution in [0.25, 0.3) is 11.0 Å². The van der Waals surface area contributed by atoms with Gasteiger partial charge in [0.2, 0.25) is 5.88 Å². The lowest BCUT2D eigenvalue weighted by Crippen LogP contribution is -2.22. The molecule has 0 bridgehead atoms. The van der Waals surface area contributed by atoms with Crippen molar-refractivity contribution >= 4 is 46.4 Å². The zero-order chi connectivity index (χ0) is 29.9. The molecule has 0 amide bonds. The largest absolute Gasteiger partial charge is 0.487 e. The Hall–Kier alpha value is -3.33. The zero-order valence-electron chi connectivity index (χ0n) is 23.2. The topological polar surface area (TPSA) is 117 Å². The lowest BCUT2D eigenvalue weighted by molar-refractivity contribution is 0.0810. The summed E-state index contributed by atoms with van der Waals surface area (Å²) in [5, 5.41) is 5.20. The smallest absolute Gasteiger partial charge is 0.267 e. The van der Waals surface area contributed by atoms with Gasteiger partial charge in [-0.2, -0.15) is 5.10 Å². The maximum atomic E-state index is 15.3. The first-order chi connectivity index (χ1) is 19.3. The van der Waals surface area contributed by atoms with E-state index >= 15 is 4.39 Å². The van der Waals surface area contributed by atoms with Crippen LogP contribution in [0.4, 0.5) is 14.5 Å². The molecule has 3 heterocycles. The highest BCUT2D eigenvalue weighted by molar-refractivity contribution is 7.92. The monoisotopic (exact) mass is 625 g/mol. The number of anilines is 1. The standard InChI is InChI=1S/C26H30ClF2N5O5SSi/c1-16-19-11-18(13-30-25(19)34(32-16)15-38-8-9-41(3,4)5)39-14-20-21(28)6-7-22(24(20)29)33-40(35,36)23-10-17(27)12-31-26(23)37-2/h6-7,10-13,33H,8-9,14-15H2,1-5H3. The third kappa shape index (κ3) is 7.31. The molecular weight excluding hydrogens is 596 g/mol. The molecule has 0 radical (unpaired) electrons. The maximum Gasteiger partial charge on any atom is 0.267 e. The third-order valence-electron chi connectivity index (χ3n) is 6.04. The van der Waals surface area contributed by atoms with Gasteiger partial charge in [0.15, 0.2) is 16.4 Å². The molecule has 0 aliphatic rings. The summed E-state index contributed by atoms with van der Waals surface area (Å²) in [6, 6.07) is 5.70. The highest BCUT2D eigenvalue weighted by Crippen LogP contribution is 2.30. The zero-order valence-corrected chi connectivity index (χ0v) is 25.7. The molecule has 0 spiro atoms. The number of hydrogen-bond donors (Lipinski definition) is 1. The summed E-state index contributed by atoms with van der Waals surface area (Å²) in [6.07, 6.45) is 2.62. The van der Waals surface area contributed by atoms with Gasteiger partial charge in [0.05, 0.1) is 35.3 Å². The Morgan fingerprint density at radius 1 is 1.12 bits per heavy atom. The van der Waals surface area contributed by atoms with Gasteiger partial charge < -0.3 is 14.2 Å². The number of fused-ring (bicyclic) bond motifs is 1. The number of nitrogens with one attached hydrogen (secondary N) is 1. The predicted octanol–water partition coefficient (Wildman–Crippen LogP) is 5.77. The number of pyridine rings is 2. The van der Waals surface area contributed by atoms with Crippen molar-refractivity contribution in [2.24, 2.45) is 0 Å². The first kappa shape index (κ1) is 30.6. The number of hydrogen-bond acceptors (Lipinski definition) is 8. The molecular formula is C26H30ClF2N5O5SSi. The van der Waals surface area contributed by atoms with Gasteiger partial charge in [-0.05, 0) is 37.2 Å². The number of aromatic nitrogens is 4. The van der Waals surface area contributed by atoms with E-state index in [0.717, 1.165) is 24.2 Å². The molecule has 1 N–H and O–H groups in total. The molecule has 41 heavy (non-hydrogen) atoms. The van der Waals surface area contributed by atoms with E-state index in [1.165, 1.54) is 19.5 Å². The molecule has 220 valence electrons. The molecule has 0 atom stereocenters. The maximum absolute atomic E-state index is 15.3. The van der Waals surface area contributed by atoms with E-state index in [1.807, 2.05) is 6.92 Å². The average molecular weight is 626 g/mol. The minimum Gasteiger partial charge on any atom is -0.487 e. The van der Waals surface area contributed by atoms with E-state index in [9.17, 15) is 12.8 Å². The number of aryl methyl sites for hydroxylation is 1. The van der Waals surface area contributed by atoms with Crippen molar-refractivity contribution in [2.75, 3.05) is 18.4 Å². The summed E-state index contributed by atoms with van der Waals surface area (Å²) < 4.78 is 76.0. The molecule has 4 aromatic rings. The van der Waals surface area contributed by atoms with E-state index in [2.05, 4.69) is 39.4 Å². The van der Waals surface area contributed by atoms with Gasteiger partial charge >= 0.3 is 0 Å². The lowest BCUT2D eigenvalue weighted by atomic mass is 10.2. The quantitative estimate of drug-likeness (QED) is 0.156. The van der Waals surface area contributed by atoms with Crippen molar-refractivity contribution < 1.29 is 31.4 Å². The van der Waals surface area contributed by atoms with Crippen LogP contribution in [0.2, 0.25) is 30.7 Å². The number of halogens is 3. The second kappa shape index (κ2) is 12.3. The Morgan fingerprint density at radius 2 is 1.88 bits per heavy atom. The molecule has 15 heteroatoms. The Bertz CT molecular complexity index is 1680. The summed E-state index contributed by atoms with van der Waals surface area (Å²) in [5.74, 6) is -2.05. The summed E-state index contributed by atoms with van der Waals surface area (Å²) in [5.41, 5.74) is 0.297. The summed E-state index contributed by atoms with van der Waals surface area (Å²) in [6.45, 7) is 8.98. The number of methoxy groups -OCH3 is 1. The van der Waals surface area contributed by atoms with Crippen LogP contribution < -0.4 is 14.2 Å². The predicted molar refractivity (Wildman–Crippen MR) is 154 cm³/mol. The van der Waals surface area contributed by atoms with Crippen LogP contribution >= 0.6 is 11.6 Å². The molecule has 0 aliphatic carbocycles. The highest BCUT2D eigenvalue weighted by atomic mass is 35.5. The number of nitrogens with zero attached hydrogens (tertiary/aromatic N) is 4. The minimum atomic E-state index is -4.39. The van der Waals surface area contributed by atoms with Crippen LogP contribution in [-0.4, -0.2) is 50.0 Å². The first-order valence-electron chi connectivity index (χ1n) is 12.5. The van der Waals surface area contributed by atoms with Gasteiger partial charge in [0.1, 0.15) is 24.9 Å². The van der Waals surface area contributed by atoms with Crippen molar-refractivity contribution in [3.63, 3.8) is 0 Å². The molecule has 0 saturated carbocycles. The number of benzene rings is 1. The van der Waals surface area contributed by atoms with E-state index in [1.54, 1.807) is 10.7 Å². The van der Waals surface area contributed by atoms with Gasteiger partial charge in [0.25, 0.3) is 10.0 Å². The highest BCUT2D eigenvalue weighted by Gasteiger charge is 2.25. The molecule has 10 nitrogen and oxygen atoms in total. The van der Waals surface area contributed by atoms with Crippen molar-refractivity contribution in [1.29, 1.82) is 0 Å². The fraction of sp³-hybridized carbons (Fsp3) is 0.346. The number of rotatable bonds is 12. The fourth-order valence-electron chi connectivity index (χ4n) is 3.81. The minimum absolute atomic E-state index is 0.0285. The van der Waals surface area contributed by atoms with Gasteiger partial charge in [0, 0.05) is 26.3 Å². The van der Waals surface area contributed by atoms with Gasteiger partial charge in [-0.25, -0.2) is 31.8 Å². The average Bonchev–Trinajstić information content (AvgIpc) is 3.22. The molecule has 0 fully saturated rings. The van der Waals surface area contributed by atoms with E-state index in [-0.39, 0.29) is 23.4 Å². The van der Waals surface area contributed by atoms with Crippen molar-refractivity contribution in [1.82, 2.24) is 19.7 Å². The molecule has 1 aromatic carbocycles. The van der Waals surface area contributed by atoms with Crippen LogP contribution in [0.3, 0.4) is 0 Å². The molecule has 0 unspecified atom stereocenters. The third-order valence-corrected chi connectivity index (χ3v) is 9.31. The van der Waals surface area contributed by atoms with Crippen molar-refractivity contribution in [3.8, 4) is 11.6 Å². The molecule has 0 aliphatic heterocycles. The second-order valence-electron chi connectivity index (χ2n) is 10.4. The first-order valence-corrected chi connectivity index (χ1v) is 18.1. The van der Waals surface area contributed by atoms with E-state index in [0.29, 0.717) is 23.3 Å². The molecule has 4 rings (SSSR count). The number of ether oxygens (including phenoxy) is 3. The normalized spacial score (nSPS) is 12.1. The van der Waals surface area contributed by atoms with E-state index in [4.69, 9.17) is 25.8 Å². The van der Waals surface area contributed by atoms with E-state index < -0.39 is 52.5 Å². The molecule has 0 saturated heterocycles. The summed E-state index contributed by atoms with van der Waals surface area (Å²) in [4.78, 5) is 7.81. The molecule has 3 aromatic heterocycles. The van der Waals surface area contributed by atoms with Crippen molar-refractivity contribution in [2.45, 2.75) is 50.8 Å². The van der Waals surface area contributed by atoms with Crippen molar-refractivity contribution in [3.05, 3.63) is 64.6 Å². The lowest BCUT2D eigenvalue weighted by Gasteiger charge is -2.15. The van der Waals surface area contributed by atoms with Crippen LogP contribution in [0.1, 0.15) is 11.3 Å². The van der Waals surface area contributed by atoms with Gasteiger partial charge in [-0.3, -0.25) is 4.72 Å². The van der Waals surface area contributed by atoms with Gasteiger partial charge in [-0.1, -0.05) is 31.2 Å². The Balaban J connectivity index is 1.50. The summed E-state index contributed by atoms with van der Waals surface area (Å²) in [7, 11) is -4.39. The van der Waals surface area contributed by atoms with Gasteiger partial charge in [-0.15, -0.1) is 0 Å². The Kier molecular flexibility index (Phi) is 9.16. The van der Waals surface area contributed by atoms with Crippen LogP contribution in [-0.2, 0) is 28.1 Å². The van der Waals surface area contributed by atoms with Crippen LogP contribution in [0.5, 0.6) is 11.6 Å².